The van der Waals surface area contributed by atoms with Crippen molar-refractivity contribution in [2.45, 2.75) is 20.3 Å². The van der Waals surface area contributed by atoms with Gasteiger partial charge in [0, 0.05) is 13.5 Å². The molecule has 0 saturated heterocycles. The van der Waals surface area contributed by atoms with Gasteiger partial charge in [0.25, 0.3) is 0 Å². The Hall–Kier alpha value is -3.35. The molecule has 0 aromatic heterocycles. The minimum atomic E-state index is -0.533. The van der Waals surface area contributed by atoms with Gasteiger partial charge in [-0.1, -0.05) is 24.3 Å². The van der Waals surface area contributed by atoms with E-state index in [4.69, 9.17) is 9.47 Å². The van der Waals surface area contributed by atoms with Crippen LogP contribution < -0.4 is 15.0 Å². The molecule has 7 nitrogen and oxygen atoms in total. The van der Waals surface area contributed by atoms with Crippen molar-refractivity contribution in [3.8, 4) is 5.75 Å². The average molecular weight is 398 g/mol. The highest BCUT2D eigenvalue weighted by molar-refractivity contribution is 6.04. The zero-order chi connectivity index (χ0) is 21.2. The number of ether oxygens (including phenoxy) is 2. The summed E-state index contributed by atoms with van der Waals surface area (Å²) >= 11 is 0. The van der Waals surface area contributed by atoms with Gasteiger partial charge >= 0.3 is 5.97 Å². The number of hydrogen-bond donors (Lipinski definition) is 1. The number of hydrogen-bond acceptors (Lipinski definition) is 5. The SMILES string of the molecule is CCOC(=O)c1ccccc1N(CC(=O)NCCc1ccc(OC)cc1)C(C)=O. The highest BCUT2D eigenvalue weighted by atomic mass is 16.5. The summed E-state index contributed by atoms with van der Waals surface area (Å²) in [6.07, 6.45) is 0.648. The molecule has 2 aromatic carbocycles. The predicted octanol–water partition coefficient (Wildman–Crippen LogP) is 2.58. The molecule has 29 heavy (non-hydrogen) atoms. The van der Waals surface area contributed by atoms with Crippen molar-refractivity contribution in [1.29, 1.82) is 0 Å². The summed E-state index contributed by atoms with van der Waals surface area (Å²) in [6, 6.07) is 14.2. The summed E-state index contributed by atoms with van der Waals surface area (Å²) < 4.78 is 10.2. The van der Waals surface area contributed by atoms with Crippen molar-refractivity contribution < 1.29 is 23.9 Å². The van der Waals surface area contributed by atoms with Crippen LogP contribution in [0.2, 0.25) is 0 Å². The Kier molecular flexibility index (Phi) is 8.21. The Morgan fingerprint density at radius 1 is 1.03 bits per heavy atom. The molecule has 0 aliphatic rings. The van der Waals surface area contributed by atoms with Gasteiger partial charge in [0.15, 0.2) is 0 Å². The summed E-state index contributed by atoms with van der Waals surface area (Å²) in [4.78, 5) is 38.0. The van der Waals surface area contributed by atoms with E-state index in [2.05, 4.69) is 5.32 Å². The highest BCUT2D eigenvalue weighted by Crippen LogP contribution is 2.21. The molecule has 2 rings (SSSR count). The van der Waals surface area contributed by atoms with Crippen molar-refractivity contribution in [2.75, 3.05) is 31.7 Å². The average Bonchev–Trinajstić information content (AvgIpc) is 2.72. The van der Waals surface area contributed by atoms with E-state index in [0.29, 0.717) is 18.7 Å². The second kappa shape index (κ2) is 10.8. The van der Waals surface area contributed by atoms with Crippen molar-refractivity contribution in [1.82, 2.24) is 5.32 Å². The fourth-order valence-corrected chi connectivity index (χ4v) is 2.79. The van der Waals surface area contributed by atoms with E-state index >= 15 is 0 Å². The summed E-state index contributed by atoms with van der Waals surface area (Å²) in [5.74, 6) is -0.413. The Labute approximate surface area is 170 Å². The van der Waals surface area contributed by atoms with Gasteiger partial charge in [0.1, 0.15) is 12.3 Å². The smallest absolute Gasteiger partial charge is 0.340 e. The number of carbonyl (C=O) groups is 3. The van der Waals surface area contributed by atoms with E-state index in [9.17, 15) is 14.4 Å². The van der Waals surface area contributed by atoms with Gasteiger partial charge in [-0.2, -0.15) is 0 Å². The highest BCUT2D eigenvalue weighted by Gasteiger charge is 2.22. The maximum atomic E-state index is 12.4. The van der Waals surface area contributed by atoms with Crippen LogP contribution in [0.4, 0.5) is 5.69 Å². The fraction of sp³-hybridized carbons (Fsp3) is 0.318. The van der Waals surface area contributed by atoms with Crippen LogP contribution >= 0.6 is 0 Å². The molecular weight excluding hydrogens is 372 g/mol. The van der Waals surface area contributed by atoms with Gasteiger partial charge in [0.2, 0.25) is 11.8 Å². The van der Waals surface area contributed by atoms with Crippen molar-refractivity contribution in [3.63, 3.8) is 0 Å². The molecule has 0 aliphatic heterocycles. The third-order valence-electron chi connectivity index (χ3n) is 4.27. The van der Waals surface area contributed by atoms with Gasteiger partial charge < -0.3 is 19.7 Å². The van der Waals surface area contributed by atoms with Crippen LogP contribution in [0.3, 0.4) is 0 Å². The summed E-state index contributed by atoms with van der Waals surface area (Å²) in [5.41, 5.74) is 1.65. The molecule has 2 amide bonds. The zero-order valence-electron chi connectivity index (χ0n) is 16.9. The van der Waals surface area contributed by atoms with Crippen molar-refractivity contribution >= 4 is 23.5 Å². The number of methoxy groups -OCH3 is 1. The molecule has 0 unspecified atom stereocenters. The summed E-state index contributed by atoms with van der Waals surface area (Å²) in [6.45, 7) is 3.52. The molecule has 7 heteroatoms. The van der Waals surface area contributed by atoms with Crippen molar-refractivity contribution in [2.24, 2.45) is 0 Å². The van der Waals surface area contributed by atoms with E-state index in [1.807, 2.05) is 24.3 Å². The molecule has 2 aromatic rings. The maximum absolute atomic E-state index is 12.4. The first-order valence-corrected chi connectivity index (χ1v) is 9.40. The largest absolute Gasteiger partial charge is 0.497 e. The Morgan fingerprint density at radius 3 is 2.34 bits per heavy atom. The first kappa shape index (κ1) is 21.9. The molecular formula is C22H26N2O5. The number of carbonyl (C=O) groups excluding carboxylic acids is 3. The van der Waals surface area contributed by atoms with Gasteiger partial charge in [-0.15, -0.1) is 0 Å². The molecule has 0 saturated carbocycles. The topological polar surface area (TPSA) is 84.9 Å². The zero-order valence-corrected chi connectivity index (χ0v) is 16.9. The first-order valence-electron chi connectivity index (χ1n) is 9.40. The molecule has 0 aliphatic carbocycles. The molecule has 0 radical (unpaired) electrons. The van der Waals surface area contributed by atoms with Gasteiger partial charge in [-0.05, 0) is 43.2 Å². The molecule has 1 N–H and O–H groups in total. The number of benzene rings is 2. The lowest BCUT2D eigenvalue weighted by molar-refractivity contribution is -0.123. The molecule has 154 valence electrons. The predicted molar refractivity (Wildman–Crippen MR) is 110 cm³/mol. The van der Waals surface area contributed by atoms with Gasteiger partial charge in [0.05, 0.1) is 25.0 Å². The first-order chi connectivity index (χ1) is 14.0. The van der Waals surface area contributed by atoms with Crippen LogP contribution in [0.5, 0.6) is 5.75 Å². The normalized spacial score (nSPS) is 10.2. The number of esters is 1. The Balaban J connectivity index is 2.00. The van der Waals surface area contributed by atoms with Crippen LogP contribution in [0, 0.1) is 0 Å². The minimum Gasteiger partial charge on any atom is -0.497 e. The van der Waals surface area contributed by atoms with Gasteiger partial charge in [-0.25, -0.2) is 4.79 Å². The number of amides is 2. The van der Waals surface area contributed by atoms with Crippen molar-refractivity contribution in [3.05, 3.63) is 59.7 Å². The lowest BCUT2D eigenvalue weighted by Gasteiger charge is -2.23. The number of para-hydroxylation sites is 1. The molecule has 0 fully saturated rings. The lowest BCUT2D eigenvalue weighted by atomic mass is 10.1. The van der Waals surface area contributed by atoms with Crippen LogP contribution in [0.15, 0.2) is 48.5 Å². The van der Waals surface area contributed by atoms with Crippen LogP contribution in [0.1, 0.15) is 29.8 Å². The Morgan fingerprint density at radius 2 is 1.72 bits per heavy atom. The lowest BCUT2D eigenvalue weighted by Crippen LogP contribution is -2.41. The second-order valence-electron chi connectivity index (χ2n) is 6.29. The number of nitrogens with zero attached hydrogens (tertiary/aromatic N) is 1. The molecule has 0 heterocycles. The maximum Gasteiger partial charge on any atom is 0.340 e. The fourth-order valence-electron chi connectivity index (χ4n) is 2.79. The standard InChI is InChI=1S/C22H26N2O5/c1-4-29-22(27)19-7-5-6-8-20(19)24(16(2)25)15-21(26)23-14-13-17-9-11-18(28-3)12-10-17/h5-12H,4,13-15H2,1-3H3,(H,23,26). The Bertz CT molecular complexity index is 849. The molecule has 0 atom stereocenters. The third kappa shape index (κ3) is 6.34. The summed E-state index contributed by atoms with van der Waals surface area (Å²) in [5, 5.41) is 2.81. The molecule has 0 spiro atoms. The number of nitrogens with one attached hydrogen (secondary N) is 1. The monoisotopic (exact) mass is 398 g/mol. The van der Waals surface area contributed by atoms with E-state index < -0.39 is 5.97 Å². The molecule has 0 bridgehead atoms. The third-order valence-corrected chi connectivity index (χ3v) is 4.27. The number of anilines is 1. The van der Waals surface area contributed by atoms with Crippen LogP contribution in [-0.4, -0.2) is 44.6 Å². The van der Waals surface area contributed by atoms with Crippen LogP contribution in [0.25, 0.3) is 0 Å². The summed E-state index contributed by atoms with van der Waals surface area (Å²) in [7, 11) is 1.61. The van der Waals surface area contributed by atoms with Crippen LogP contribution in [-0.2, 0) is 20.7 Å². The van der Waals surface area contributed by atoms with E-state index in [-0.39, 0.29) is 30.5 Å². The quantitative estimate of drug-likeness (QED) is 0.657. The number of rotatable bonds is 9. The van der Waals surface area contributed by atoms with E-state index in [1.54, 1.807) is 38.3 Å². The second-order valence-corrected chi connectivity index (χ2v) is 6.29. The van der Waals surface area contributed by atoms with E-state index in [1.165, 1.54) is 11.8 Å². The minimum absolute atomic E-state index is 0.186. The van der Waals surface area contributed by atoms with Gasteiger partial charge in [-0.3, -0.25) is 9.59 Å². The van der Waals surface area contributed by atoms with E-state index in [0.717, 1.165) is 11.3 Å².